The van der Waals surface area contributed by atoms with Gasteiger partial charge in [0.1, 0.15) is 11.9 Å². The van der Waals surface area contributed by atoms with Gasteiger partial charge >= 0.3 is 0 Å². The minimum Gasteiger partial charge on any atom is -0.367 e. The van der Waals surface area contributed by atoms with Gasteiger partial charge in [-0.25, -0.2) is 9.07 Å². The highest BCUT2D eigenvalue weighted by molar-refractivity contribution is 5.93. The topological polar surface area (TPSA) is 73.2 Å². The summed E-state index contributed by atoms with van der Waals surface area (Å²) in [4.78, 5) is 24.4. The van der Waals surface area contributed by atoms with Crippen molar-refractivity contribution in [3.05, 3.63) is 57.8 Å². The molecule has 0 saturated heterocycles. The van der Waals surface area contributed by atoms with Crippen LogP contribution in [0.15, 0.2) is 35.1 Å². The van der Waals surface area contributed by atoms with Gasteiger partial charge in [-0.3, -0.25) is 9.59 Å². The first kappa shape index (κ1) is 15.4. The highest BCUT2D eigenvalue weighted by Crippen LogP contribution is 2.27. The molecule has 2 heterocycles. The van der Waals surface area contributed by atoms with E-state index in [0.29, 0.717) is 12.3 Å². The van der Waals surface area contributed by atoms with E-state index in [1.165, 1.54) is 31.2 Å². The molecule has 23 heavy (non-hydrogen) atoms. The number of ether oxygens (including phenoxy) is 1. The average Bonchev–Trinajstić information content (AvgIpc) is 2.88. The molecule has 0 saturated carbocycles. The molecule has 1 N–H and O–H groups in total. The van der Waals surface area contributed by atoms with Crippen LogP contribution >= 0.6 is 0 Å². The number of nitrogens with zero attached hydrogens (tertiary/aromatic N) is 2. The fourth-order valence-corrected chi connectivity index (χ4v) is 2.46. The third-order valence-corrected chi connectivity index (χ3v) is 3.82. The molecular formula is C16H16FN3O3. The number of carbonyl (C=O) groups is 1. The van der Waals surface area contributed by atoms with Crippen LogP contribution in [0.5, 0.6) is 0 Å². The molecule has 2 unspecified atom stereocenters. The van der Waals surface area contributed by atoms with Gasteiger partial charge in [-0.15, -0.1) is 0 Å². The Morgan fingerprint density at radius 1 is 1.48 bits per heavy atom. The zero-order valence-electron chi connectivity index (χ0n) is 12.7. The Balaban J connectivity index is 1.87. The molecule has 1 aliphatic rings. The van der Waals surface area contributed by atoms with E-state index in [4.69, 9.17) is 4.74 Å². The molecule has 3 rings (SSSR count). The maximum Gasteiger partial charge on any atom is 0.267 e. The number of hydrogen-bond acceptors (Lipinski definition) is 4. The number of anilines is 1. The van der Waals surface area contributed by atoms with Crippen LogP contribution < -0.4 is 10.9 Å². The van der Waals surface area contributed by atoms with Crippen LogP contribution in [0.25, 0.3) is 0 Å². The van der Waals surface area contributed by atoms with Gasteiger partial charge in [0.15, 0.2) is 0 Å². The van der Waals surface area contributed by atoms with Gasteiger partial charge in [0.2, 0.25) is 5.91 Å². The number of rotatable bonds is 3. The van der Waals surface area contributed by atoms with Crippen LogP contribution in [-0.2, 0) is 16.1 Å². The molecule has 0 fully saturated rings. The van der Waals surface area contributed by atoms with E-state index in [-0.39, 0.29) is 11.8 Å². The van der Waals surface area contributed by atoms with Crippen LogP contribution in [0.3, 0.4) is 0 Å². The molecule has 7 heteroatoms. The number of carbonyl (C=O) groups excluding carboxylic acids is 1. The lowest BCUT2D eigenvalue weighted by molar-refractivity contribution is -0.119. The minimum atomic E-state index is -0.875. The largest absolute Gasteiger partial charge is 0.367 e. The van der Waals surface area contributed by atoms with E-state index in [1.54, 1.807) is 6.07 Å². The van der Waals surface area contributed by atoms with E-state index in [0.717, 1.165) is 10.2 Å². The van der Waals surface area contributed by atoms with Crippen LogP contribution in [0.4, 0.5) is 10.1 Å². The summed E-state index contributed by atoms with van der Waals surface area (Å²) in [7, 11) is 0. The van der Waals surface area contributed by atoms with E-state index < -0.39 is 23.3 Å². The zero-order valence-corrected chi connectivity index (χ0v) is 12.7. The number of benzene rings is 1. The molecule has 1 amide bonds. The normalized spacial score (nSPS) is 17.6. The lowest BCUT2D eigenvalue weighted by Crippen LogP contribution is -2.34. The second-order valence-corrected chi connectivity index (χ2v) is 5.44. The number of halogens is 1. The highest BCUT2D eigenvalue weighted by Gasteiger charge is 2.26. The monoisotopic (exact) mass is 317 g/mol. The van der Waals surface area contributed by atoms with Crippen LogP contribution in [0, 0.1) is 5.82 Å². The maximum atomic E-state index is 13.6. The number of nitrogens with one attached hydrogen (secondary N) is 1. The van der Waals surface area contributed by atoms with Crippen molar-refractivity contribution < 1.29 is 13.9 Å². The standard InChI is InChI=1S/C16H16FN3O3/c1-9(16(22)18-13-6-4-3-5-12(13)17)20-14(21)7-11-8-23-10(2)15(11)19-20/h3-7,9-10H,8H2,1-2H3,(H,18,22). The Hall–Kier alpha value is -2.54. The summed E-state index contributed by atoms with van der Waals surface area (Å²) >= 11 is 0. The highest BCUT2D eigenvalue weighted by atomic mass is 19.1. The van der Waals surface area contributed by atoms with E-state index in [9.17, 15) is 14.0 Å². The molecule has 1 aromatic carbocycles. The van der Waals surface area contributed by atoms with E-state index >= 15 is 0 Å². The first-order valence-electron chi connectivity index (χ1n) is 7.27. The van der Waals surface area contributed by atoms with Crippen molar-refractivity contribution in [2.24, 2.45) is 0 Å². The number of fused-ring (bicyclic) bond motifs is 1. The van der Waals surface area contributed by atoms with Gasteiger partial charge in [-0.1, -0.05) is 12.1 Å². The summed E-state index contributed by atoms with van der Waals surface area (Å²) in [5.41, 5.74) is 1.06. The number of aromatic nitrogens is 2. The number of amides is 1. The lowest BCUT2D eigenvalue weighted by atomic mass is 10.2. The average molecular weight is 317 g/mol. The van der Waals surface area contributed by atoms with Crippen molar-refractivity contribution >= 4 is 11.6 Å². The first-order valence-corrected chi connectivity index (χ1v) is 7.27. The van der Waals surface area contributed by atoms with E-state index in [1.807, 2.05) is 6.92 Å². The predicted octanol–water partition coefficient (Wildman–Crippen LogP) is 2.17. The molecule has 2 atom stereocenters. The summed E-state index contributed by atoms with van der Waals surface area (Å²) in [6.45, 7) is 3.71. The van der Waals surface area contributed by atoms with Crippen molar-refractivity contribution in [1.29, 1.82) is 0 Å². The summed E-state index contributed by atoms with van der Waals surface area (Å²) in [5, 5.41) is 6.71. The zero-order chi connectivity index (χ0) is 16.6. The fourth-order valence-electron chi connectivity index (χ4n) is 2.46. The Kier molecular flexibility index (Phi) is 3.96. The summed E-state index contributed by atoms with van der Waals surface area (Å²) in [6.07, 6.45) is -0.223. The molecular weight excluding hydrogens is 301 g/mol. The SMILES string of the molecule is CC1OCc2cc(=O)n(C(C)C(=O)Nc3ccccc3F)nc21. The Morgan fingerprint density at radius 2 is 2.22 bits per heavy atom. The Labute approximate surface area is 131 Å². The Bertz CT molecular complexity index is 818. The van der Waals surface area contributed by atoms with Gasteiger partial charge in [-0.05, 0) is 26.0 Å². The fraction of sp³-hybridized carbons (Fsp3) is 0.312. The molecule has 1 aliphatic heterocycles. The van der Waals surface area contributed by atoms with Gasteiger partial charge in [0.25, 0.3) is 5.56 Å². The second-order valence-electron chi connectivity index (χ2n) is 5.44. The van der Waals surface area contributed by atoms with Crippen molar-refractivity contribution in [2.75, 3.05) is 5.32 Å². The van der Waals surface area contributed by atoms with Gasteiger partial charge in [0.05, 0.1) is 24.1 Å². The predicted molar refractivity (Wildman–Crippen MR) is 81.4 cm³/mol. The van der Waals surface area contributed by atoms with Crippen molar-refractivity contribution in [3.8, 4) is 0 Å². The summed E-state index contributed by atoms with van der Waals surface area (Å²) in [6, 6.07) is 6.40. The van der Waals surface area contributed by atoms with Gasteiger partial charge in [-0.2, -0.15) is 5.10 Å². The van der Waals surface area contributed by atoms with Crippen molar-refractivity contribution in [1.82, 2.24) is 9.78 Å². The summed E-state index contributed by atoms with van der Waals surface area (Å²) in [5.74, 6) is -1.06. The Morgan fingerprint density at radius 3 is 2.96 bits per heavy atom. The minimum absolute atomic E-state index is 0.0651. The van der Waals surface area contributed by atoms with Crippen molar-refractivity contribution in [3.63, 3.8) is 0 Å². The van der Waals surface area contributed by atoms with E-state index in [2.05, 4.69) is 10.4 Å². The molecule has 0 radical (unpaired) electrons. The molecule has 0 aliphatic carbocycles. The smallest absolute Gasteiger partial charge is 0.267 e. The molecule has 2 aromatic rings. The molecule has 0 spiro atoms. The molecule has 1 aromatic heterocycles. The second kappa shape index (κ2) is 5.92. The quantitative estimate of drug-likeness (QED) is 0.941. The van der Waals surface area contributed by atoms with Crippen molar-refractivity contribution in [2.45, 2.75) is 32.6 Å². The summed E-state index contributed by atoms with van der Waals surface area (Å²) < 4.78 is 20.1. The van der Waals surface area contributed by atoms with Gasteiger partial charge in [0, 0.05) is 11.6 Å². The molecule has 120 valence electrons. The third kappa shape index (κ3) is 2.87. The number of hydrogen-bond donors (Lipinski definition) is 1. The van der Waals surface area contributed by atoms with Crippen LogP contribution in [0.2, 0.25) is 0 Å². The van der Waals surface area contributed by atoms with Crippen LogP contribution in [-0.4, -0.2) is 15.7 Å². The molecule has 0 bridgehead atoms. The maximum absolute atomic E-state index is 13.6. The lowest BCUT2D eigenvalue weighted by Gasteiger charge is -2.15. The third-order valence-electron chi connectivity index (χ3n) is 3.82. The first-order chi connectivity index (χ1) is 11.0. The van der Waals surface area contributed by atoms with Gasteiger partial charge < -0.3 is 10.1 Å². The molecule has 6 nitrogen and oxygen atoms in total. The number of para-hydroxylation sites is 1. The van der Waals surface area contributed by atoms with Crippen LogP contribution in [0.1, 0.15) is 37.3 Å².